The summed E-state index contributed by atoms with van der Waals surface area (Å²) < 4.78 is 5.14. The molecule has 140 valence electrons. The van der Waals surface area contributed by atoms with Crippen LogP contribution in [0.5, 0.6) is 0 Å². The largest absolute Gasteiger partial charge is 0.465 e. The lowest BCUT2D eigenvalue weighted by molar-refractivity contribution is -0.153. The molecular weight excluding hydrogens is 340 g/mol. The number of nitrogens with zero attached hydrogens (tertiary/aromatic N) is 1. The number of ether oxygens (including phenoxy) is 1. The van der Waals surface area contributed by atoms with Crippen LogP contribution in [0.3, 0.4) is 0 Å². The Morgan fingerprint density at radius 3 is 2.37 bits per heavy atom. The van der Waals surface area contributed by atoms with Crippen molar-refractivity contribution >= 4 is 17.7 Å². The van der Waals surface area contributed by atoms with Crippen molar-refractivity contribution in [1.29, 1.82) is 0 Å². The zero-order chi connectivity index (χ0) is 19.4. The molecule has 0 aliphatic carbocycles. The molecule has 5 nitrogen and oxygen atoms in total. The lowest BCUT2D eigenvalue weighted by Gasteiger charge is -2.28. The third-order valence-corrected chi connectivity index (χ3v) is 4.64. The summed E-state index contributed by atoms with van der Waals surface area (Å²) in [7, 11) is 0. The van der Waals surface area contributed by atoms with Gasteiger partial charge in [0.1, 0.15) is 5.84 Å². The Kier molecular flexibility index (Phi) is 5.69. The Bertz CT molecular complexity index is 842. The highest BCUT2D eigenvalue weighted by atomic mass is 16.5. The number of hydrogen-bond donors (Lipinski definition) is 1. The van der Waals surface area contributed by atoms with Crippen molar-refractivity contribution in [2.75, 3.05) is 6.61 Å². The molecule has 0 bridgehead atoms. The SMILES string of the molecule is CCOC(=O)[C@@H]1C(=O)NC(c2ccccc2)=N[C@@H]1c1ccc(C(C)C)cc1. The Balaban J connectivity index is 2.03. The van der Waals surface area contributed by atoms with E-state index in [4.69, 9.17) is 9.73 Å². The molecule has 0 saturated heterocycles. The predicted molar refractivity (Wildman–Crippen MR) is 105 cm³/mol. The highest BCUT2D eigenvalue weighted by Gasteiger charge is 2.41. The molecule has 1 aliphatic heterocycles. The molecule has 0 spiro atoms. The van der Waals surface area contributed by atoms with Gasteiger partial charge in [-0.3, -0.25) is 14.6 Å². The second kappa shape index (κ2) is 8.16. The van der Waals surface area contributed by atoms with Gasteiger partial charge in [-0.15, -0.1) is 0 Å². The molecule has 0 aromatic heterocycles. The van der Waals surface area contributed by atoms with Gasteiger partial charge in [0.05, 0.1) is 12.6 Å². The summed E-state index contributed by atoms with van der Waals surface area (Å²) in [6.07, 6.45) is 0. The van der Waals surface area contributed by atoms with Crippen molar-refractivity contribution in [2.45, 2.75) is 32.7 Å². The Morgan fingerprint density at radius 2 is 1.78 bits per heavy atom. The van der Waals surface area contributed by atoms with Crippen LogP contribution in [-0.4, -0.2) is 24.3 Å². The van der Waals surface area contributed by atoms with E-state index in [1.165, 1.54) is 5.56 Å². The Morgan fingerprint density at radius 1 is 1.11 bits per heavy atom. The molecule has 5 heteroatoms. The summed E-state index contributed by atoms with van der Waals surface area (Å²) in [5.41, 5.74) is 2.82. The fourth-order valence-corrected chi connectivity index (χ4v) is 3.14. The van der Waals surface area contributed by atoms with E-state index < -0.39 is 17.9 Å². The van der Waals surface area contributed by atoms with Crippen LogP contribution in [0.1, 0.15) is 49.4 Å². The molecule has 2 aromatic carbocycles. The van der Waals surface area contributed by atoms with Gasteiger partial charge in [-0.05, 0) is 24.0 Å². The predicted octanol–water partition coefficient (Wildman–Crippen LogP) is 3.61. The van der Waals surface area contributed by atoms with E-state index in [9.17, 15) is 9.59 Å². The van der Waals surface area contributed by atoms with E-state index in [2.05, 4.69) is 19.2 Å². The van der Waals surface area contributed by atoms with E-state index in [0.717, 1.165) is 11.1 Å². The number of aliphatic imine (C=N–C) groups is 1. The summed E-state index contributed by atoms with van der Waals surface area (Å²) in [5, 5.41) is 2.76. The van der Waals surface area contributed by atoms with Crippen LogP contribution in [0.2, 0.25) is 0 Å². The number of amidine groups is 1. The fourth-order valence-electron chi connectivity index (χ4n) is 3.14. The maximum Gasteiger partial charge on any atom is 0.321 e. The molecular formula is C22H24N2O3. The number of carbonyl (C=O) groups is 2. The Hall–Kier alpha value is -2.95. The third-order valence-electron chi connectivity index (χ3n) is 4.64. The third kappa shape index (κ3) is 4.08. The number of benzene rings is 2. The average Bonchev–Trinajstić information content (AvgIpc) is 2.68. The van der Waals surface area contributed by atoms with Crippen molar-refractivity contribution in [3.63, 3.8) is 0 Å². The minimum atomic E-state index is -0.998. The van der Waals surface area contributed by atoms with Crippen LogP contribution in [0.25, 0.3) is 0 Å². The van der Waals surface area contributed by atoms with Gasteiger partial charge in [-0.2, -0.15) is 0 Å². The molecule has 2 atom stereocenters. The number of amides is 1. The topological polar surface area (TPSA) is 67.8 Å². The fraction of sp³-hybridized carbons (Fsp3) is 0.318. The summed E-state index contributed by atoms with van der Waals surface area (Å²) in [4.78, 5) is 29.9. The first-order valence-electron chi connectivity index (χ1n) is 9.21. The zero-order valence-corrected chi connectivity index (χ0v) is 15.8. The van der Waals surface area contributed by atoms with Crippen LogP contribution >= 0.6 is 0 Å². The minimum absolute atomic E-state index is 0.219. The molecule has 27 heavy (non-hydrogen) atoms. The Labute approximate surface area is 159 Å². The lowest BCUT2D eigenvalue weighted by Crippen LogP contribution is -2.47. The average molecular weight is 364 g/mol. The van der Waals surface area contributed by atoms with Crippen molar-refractivity contribution in [1.82, 2.24) is 5.32 Å². The highest BCUT2D eigenvalue weighted by molar-refractivity contribution is 6.14. The van der Waals surface area contributed by atoms with E-state index >= 15 is 0 Å². The molecule has 3 rings (SSSR count). The van der Waals surface area contributed by atoms with Gasteiger partial charge in [-0.1, -0.05) is 68.4 Å². The van der Waals surface area contributed by atoms with Gasteiger partial charge in [0.2, 0.25) is 5.91 Å². The molecule has 1 heterocycles. The zero-order valence-electron chi connectivity index (χ0n) is 15.8. The van der Waals surface area contributed by atoms with Crippen LogP contribution in [0.4, 0.5) is 0 Å². The normalized spacial score (nSPS) is 19.4. The van der Waals surface area contributed by atoms with Crippen molar-refractivity contribution in [2.24, 2.45) is 10.9 Å². The highest BCUT2D eigenvalue weighted by Crippen LogP contribution is 2.32. The van der Waals surface area contributed by atoms with E-state index in [-0.39, 0.29) is 12.5 Å². The molecule has 0 saturated carbocycles. The monoisotopic (exact) mass is 364 g/mol. The molecule has 1 N–H and O–H groups in total. The first-order valence-corrected chi connectivity index (χ1v) is 9.21. The van der Waals surface area contributed by atoms with Gasteiger partial charge >= 0.3 is 5.97 Å². The lowest BCUT2D eigenvalue weighted by atomic mass is 9.89. The van der Waals surface area contributed by atoms with Crippen LogP contribution < -0.4 is 5.32 Å². The number of nitrogens with one attached hydrogen (secondary N) is 1. The first-order chi connectivity index (χ1) is 13.0. The second-order valence-electron chi connectivity index (χ2n) is 6.83. The number of carbonyl (C=O) groups excluding carboxylic acids is 2. The molecule has 0 unspecified atom stereocenters. The van der Waals surface area contributed by atoms with Crippen molar-refractivity contribution < 1.29 is 14.3 Å². The number of esters is 1. The van der Waals surface area contributed by atoms with Crippen LogP contribution in [0, 0.1) is 5.92 Å². The van der Waals surface area contributed by atoms with Gasteiger partial charge in [0.15, 0.2) is 5.92 Å². The maximum atomic E-state index is 12.8. The smallest absolute Gasteiger partial charge is 0.321 e. The molecule has 2 aromatic rings. The van der Waals surface area contributed by atoms with E-state index in [0.29, 0.717) is 11.8 Å². The summed E-state index contributed by atoms with van der Waals surface area (Å²) in [5.74, 6) is -1.07. The number of hydrogen-bond acceptors (Lipinski definition) is 4. The van der Waals surface area contributed by atoms with E-state index in [1.807, 2.05) is 54.6 Å². The van der Waals surface area contributed by atoms with Gasteiger partial charge < -0.3 is 10.1 Å². The van der Waals surface area contributed by atoms with Crippen molar-refractivity contribution in [3.8, 4) is 0 Å². The summed E-state index contributed by atoms with van der Waals surface area (Å²) >= 11 is 0. The van der Waals surface area contributed by atoms with E-state index in [1.54, 1.807) is 6.92 Å². The van der Waals surface area contributed by atoms with Crippen molar-refractivity contribution in [3.05, 3.63) is 71.3 Å². The summed E-state index contributed by atoms with van der Waals surface area (Å²) in [6.45, 7) is 6.19. The van der Waals surface area contributed by atoms with Gasteiger partial charge in [-0.25, -0.2) is 0 Å². The number of rotatable bonds is 5. The van der Waals surface area contributed by atoms with Crippen LogP contribution in [-0.2, 0) is 14.3 Å². The first kappa shape index (κ1) is 18.8. The second-order valence-corrected chi connectivity index (χ2v) is 6.83. The molecule has 0 radical (unpaired) electrons. The van der Waals surface area contributed by atoms with Gasteiger partial charge in [0, 0.05) is 5.56 Å². The maximum absolute atomic E-state index is 12.8. The molecule has 1 aliphatic rings. The summed E-state index contributed by atoms with van der Waals surface area (Å²) in [6, 6.07) is 16.7. The minimum Gasteiger partial charge on any atom is -0.465 e. The molecule has 0 fully saturated rings. The van der Waals surface area contributed by atoms with Gasteiger partial charge in [0.25, 0.3) is 0 Å². The quantitative estimate of drug-likeness (QED) is 0.651. The molecule has 1 amide bonds. The standard InChI is InChI=1S/C22H24N2O3/c1-4-27-22(26)18-19(16-12-10-15(11-13-16)14(2)3)23-20(24-21(18)25)17-8-6-5-7-9-17/h5-14,18-19H,4H2,1-3H3,(H,23,24,25)/t18-,19+/m0/s1. The van der Waals surface area contributed by atoms with Crippen LogP contribution in [0.15, 0.2) is 59.6 Å².